The van der Waals surface area contributed by atoms with E-state index < -0.39 is 0 Å². The number of rotatable bonds is 8. The van der Waals surface area contributed by atoms with Crippen LogP contribution in [-0.2, 0) is 19.4 Å². The van der Waals surface area contributed by atoms with Crippen molar-refractivity contribution in [2.24, 2.45) is 0 Å². The van der Waals surface area contributed by atoms with Crippen molar-refractivity contribution in [3.8, 4) is 0 Å². The topological polar surface area (TPSA) is 43.6 Å². The second-order valence-corrected chi connectivity index (χ2v) is 4.72. The van der Waals surface area contributed by atoms with Gasteiger partial charge in [-0.3, -0.25) is 0 Å². The van der Waals surface area contributed by atoms with Crippen LogP contribution in [0.2, 0.25) is 0 Å². The molecule has 0 saturated heterocycles. The van der Waals surface area contributed by atoms with Gasteiger partial charge in [0.05, 0.1) is 0 Å². The minimum Gasteiger partial charge on any atom is -0.230 e. The molecule has 0 spiro atoms. The Hall–Kier alpha value is -1.71. The molecule has 1 aromatic carbocycles. The average Bonchev–Trinajstić information content (AvgIpc) is 2.90. The lowest BCUT2D eigenvalue weighted by Gasteiger charge is -2.04. The fraction of sp³-hybridized carbons (Fsp3) is 0.467. The summed E-state index contributed by atoms with van der Waals surface area (Å²) >= 11 is 0. The normalized spacial score (nSPS) is 10.8. The molecule has 4 nitrogen and oxygen atoms in total. The summed E-state index contributed by atoms with van der Waals surface area (Å²) in [6.07, 6.45) is 6.33. The maximum Gasteiger partial charge on any atom is 0.151 e. The van der Waals surface area contributed by atoms with E-state index in [0.717, 1.165) is 44.5 Å². The van der Waals surface area contributed by atoms with E-state index in [2.05, 4.69) is 52.8 Å². The molecule has 2 rings (SSSR count). The van der Waals surface area contributed by atoms with Crippen molar-refractivity contribution in [1.29, 1.82) is 0 Å². The summed E-state index contributed by atoms with van der Waals surface area (Å²) in [7, 11) is 0. The zero-order valence-electron chi connectivity index (χ0n) is 11.3. The minimum atomic E-state index is 0.879. The van der Waals surface area contributed by atoms with Crippen molar-refractivity contribution in [3.63, 3.8) is 0 Å². The molecule has 0 unspecified atom stereocenters. The van der Waals surface area contributed by atoms with Crippen LogP contribution in [0.4, 0.5) is 0 Å². The quantitative estimate of drug-likeness (QED) is 0.683. The Morgan fingerprint density at radius 1 is 1.00 bits per heavy atom. The van der Waals surface area contributed by atoms with Crippen LogP contribution in [0.3, 0.4) is 0 Å². The highest BCUT2D eigenvalue weighted by molar-refractivity contribution is 5.14. The van der Waals surface area contributed by atoms with Crippen LogP contribution in [0.1, 0.15) is 37.1 Å². The molecule has 0 atom stereocenters. The second-order valence-electron chi connectivity index (χ2n) is 4.72. The van der Waals surface area contributed by atoms with Gasteiger partial charge in [-0.25, -0.2) is 4.68 Å². The fourth-order valence-corrected chi connectivity index (χ4v) is 2.09. The van der Waals surface area contributed by atoms with E-state index >= 15 is 0 Å². The van der Waals surface area contributed by atoms with E-state index in [1.807, 2.05) is 4.68 Å². The van der Waals surface area contributed by atoms with Gasteiger partial charge < -0.3 is 0 Å². The second kappa shape index (κ2) is 7.67. The van der Waals surface area contributed by atoms with E-state index in [9.17, 15) is 0 Å². The highest BCUT2D eigenvalue weighted by Crippen LogP contribution is 2.07. The van der Waals surface area contributed by atoms with E-state index in [-0.39, 0.29) is 0 Å². The predicted molar refractivity (Wildman–Crippen MR) is 75.5 cm³/mol. The molecule has 0 aliphatic rings. The first kappa shape index (κ1) is 13.7. The number of tetrazole rings is 1. The number of benzene rings is 1. The van der Waals surface area contributed by atoms with Gasteiger partial charge in [-0.1, -0.05) is 43.7 Å². The standard InChI is InChI=1S/C15H21N4/c1-2-3-13-19-15(16-17-18-19)12-8-7-11-14-9-5-4-6-10-14/h4-6,9-10H,1-3,7-8,11-13H2. The lowest BCUT2D eigenvalue weighted by atomic mass is 10.1. The van der Waals surface area contributed by atoms with Crippen LogP contribution in [0.15, 0.2) is 30.3 Å². The van der Waals surface area contributed by atoms with Crippen LogP contribution >= 0.6 is 0 Å². The number of unbranched alkanes of at least 4 members (excludes halogenated alkanes) is 2. The summed E-state index contributed by atoms with van der Waals surface area (Å²) in [5.74, 6) is 1.00. The van der Waals surface area contributed by atoms with E-state index in [0.29, 0.717) is 0 Å². The third-order valence-corrected chi connectivity index (χ3v) is 3.18. The van der Waals surface area contributed by atoms with Crippen LogP contribution in [0.5, 0.6) is 0 Å². The van der Waals surface area contributed by atoms with Gasteiger partial charge in [-0.15, -0.1) is 5.10 Å². The van der Waals surface area contributed by atoms with Crippen LogP contribution in [0, 0.1) is 6.92 Å². The molecule has 2 aromatic rings. The highest BCUT2D eigenvalue weighted by atomic mass is 15.5. The molecule has 1 heterocycles. The van der Waals surface area contributed by atoms with Crippen molar-refractivity contribution < 1.29 is 0 Å². The fourth-order valence-electron chi connectivity index (χ4n) is 2.09. The Morgan fingerprint density at radius 3 is 2.58 bits per heavy atom. The minimum absolute atomic E-state index is 0.879. The van der Waals surface area contributed by atoms with Gasteiger partial charge in [0.1, 0.15) is 0 Å². The largest absolute Gasteiger partial charge is 0.230 e. The molecule has 0 aliphatic heterocycles. The number of hydrogen-bond acceptors (Lipinski definition) is 3. The van der Waals surface area contributed by atoms with E-state index in [4.69, 9.17) is 0 Å². The molecule has 0 saturated carbocycles. The molecular weight excluding hydrogens is 236 g/mol. The first-order chi connectivity index (χ1) is 9.40. The third-order valence-electron chi connectivity index (χ3n) is 3.18. The van der Waals surface area contributed by atoms with Crippen molar-refractivity contribution in [2.45, 2.75) is 45.1 Å². The molecule has 4 heteroatoms. The van der Waals surface area contributed by atoms with Gasteiger partial charge in [0.2, 0.25) is 0 Å². The van der Waals surface area contributed by atoms with Gasteiger partial charge in [-0.2, -0.15) is 0 Å². The average molecular weight is 257 g/mol. The Bertz CT molecular complexity index is 464. The summed E-state index contributed by atoms with van der Waals surface area (Å²) in [6.45, 7) is 4.72. The summed E-state index contributed by atoms with van der Waals surface area (Å²) < 4.78 is 1.91. The maximum atomic E-state index is 4.10. The summed E-state index contributed by atoms with van der Waals surface area (Å²) in [4.78, 5) is 0. The van der Waals surface area contributed by atoms with Gasteiger partial charge in [-0.05, 0) is 41.7 Å². The summed E-state index contributed by atoms with van der Waals surface area (Å²) in [5, 5.41) is 11.9. The molecule has 1 aromatic heterocycles. The Kier molecular flexibility index (Phi) is 5.53. The smallest absolute Gasteiger partial charge is 0.151 e. The highest BCUT2D eigenvalue weighted by Gasteiger charge is 2.04. The molecule has 0 fully saturated rings. The van der Waals surface area contributed by atoms with Gasteiger partial charge in [0.25, 0.3) is 0 Å². The van der Waals surface area contributed by atoms with Gasteiger partial charge >= 0.3 is 0 Å². The monoisotopic (exact) mass is 257 g/mol. The number of aryl methyl sites for hydroxylation is 3. The number of aromatic nitrogens is 4. The Labute approximate surface area is 114 Å². The molecule has 0 bridgehead atoms. The van der Waals surface area contributed by atoms with E-state index in [1.165, 1.54) is 12.0 Å². The maximum absolute atomic E-state index is 4.10. The summed E-state index contributed by atoms with van der Waals surface area (Å²) in [6, 6.07) is 10.6. The zero-order valence-corrected chi connectivity index (χ0v) is 11.3. The lowest BCUT2D eigenvalue weighted by molar-refractivity contribution is 0.533. The van der Waals surface area contributed by atoms with Gasteiger partial charge in [0.15, 0.2) is 5.82 Å². The van der Waals surface area contributed by atoms with Crippen molar-refractivity contribution in [1.82, 2.24) is 20.2 Å². The lowest BCUT2D eigenvalue weighted by Crippen LogP contribution is -2.06. The first-order valence-electron chi connectivity index (χ1n) is 6.98. The van der Waals surface area contributed by atoms with Crippen LogP contribution < -0.4 is 0 Å². The van der Waals surface area contributed by atoms with Crippen LogP contribution in [-0.4, -0.2) is 20.2 Å². The van der Waals surface area contributed by atoms with Crippen LogP contribution in [0.25, 0.3) is 0 Å². The predicted octanol–water partition coefficient (Wildman–Crippen LogP) is 2.85. The molecular formula is C15H21N4. The molecule has 0 amide bonds. The SMILES string of the molecule is [CH2]CCCn1nnnc1CCCCc1ccccc1. The van der Waals surface area contributed by atoms with Crippen molar-refractivity contribution in [2.75, 3.05) is 0 Å². The Morgan fingerprint density at radius 2 is 1.79 bits per heavy atom. The number of nitrogens with zero attached hydrogens (tertiary/aromatic N) is 4. The molecule has 101 valence electrons. The molecule has 0 aliphatic carbocycles. The van der Waals surface area contributed by atoms with Crippen molar-refractivity contribution >= 4 is 0 Å². The molecule has 19 heavy (non-hydrogen) atoms. The van der Waals surface area contributed by atoms with Gasteiger partial charge in [0, 0.05) is 13.0 Å². The van der Waals surface area contributed by atoms with E-state index in [1.54, 1.807) is 0 Å². The molecule has 0 N–H and O–H groups in total. The molecule has 1 radical (unpaired) electrons. The summed E-state index contributed by atoms with van der Waals surface area (Å²) in [5.41, 5.74) is 1.40. The zero-order chi connectivity index (χ0) is 13.3. The first-order valence-corrected chi connectivity index (χ1v) is 6.98. The van der Waals surface area contributed by atoms with Crippen molar-refractivity contribution in [3.05, 3.63) is 48.6 Å². The number of hydrogen-bond donors (Lipinski definition) is 0. The third kappa shape index (κ3) is 4.47. The Balaban J connectivity index is 1.72.